The lowest BCUT2D eigenvalue weighted by molar-refractivity contribution is -0.192. The van der Waals surface area contributed by atoms with Crippen molar-refractivity contribution in [3.63, 3.8) is 0 Å². The summed E-state index contributed by atoms with van der Waals surface area (Å²) in [5, 5.41) is 11.5. The van der Waals surface area contributed by atoms with Crippen LogP contribution in [0.25, 0.3) is 0 Å². The molecule has 3 rings (SSSR count). The Labute approximate surface area is 171 Å². The van der Waals surface area contributed by atoms with Crippen LogP contribution in [-0.4, -0.2) is 57.6 Å². The summed E-state index contributed by atoms with van der Waals surface area (Å²) in [6.07, 6.45) is -3.19. The molecule has 1 unspecified atom stereocenters. The number of fused-ring (bicyclic) bond motifs is 1. The van der Waals surface area contributed by atoms with Gasteiger partial charge in [0.25, 0.3) is 5.91 Å². The number of aliphatic carboxylic acids is 1. The predicted octanol–water partition coefficient (Wildman–Crippen LogP) is 3.04. The molecule has 11 heteroatoms. The van der Waals surface area contributed by atoms with Crippen LogP contribution in [0.5, 0.6) is 0 Å². The highest BCUT2D eigenvalue weighted by atomic mass is 19.4. The lowest BCUT2D eigenvalue weighted by Gasteiger charge is -2.32. The smallest absolute Gasteiger partial charge is 0.475 e. The number of rotatable bonds is 4. The van der Waals surface area contributed by atoms with Crippen LogP contribution < -0.4 is 0 Å². The number of carbonyl (C=O) groups is 2. The molecule has 0 spiro atoms. The number of aromatic nitrogens is 2. The van der Waals surface area contributed by atoms with E-state index in [1.807, 2.05) is 49.7 Å². The van der Waals surface area contributed by atoms with E-state index < -0.39 is 12.1 Å². The normalized spacial score (nSPS) is 16.0. The maximum Gasteiger partial charge on any atom is 0.490 e. The van der Waals surface area contributed by atoms with E-state index in [1.165, 1.54) is 5.56 Å². The summed E-state index contributed by atoms with van der Waals surface area (Å²) >= 11 is 0. The molecule has 8 nitrogen and oxygen atoms in total. The number of amides is 1. The molecule has 0 aromatic carbocycles. The van der Waals surface area contributed by atoms with Gasteiger partial charge in [-0.15, -0.1) is 0 Å². The van der Waals surface area contributed by atoms with Crippen LogP contribution in [0, 0.1) is 13.8 Å². The molecule has 1 N–H and O–H groups in total. The second kappa shape index (κ2) is 9.33. The van der Waals surface area contributed by atoms with E-state index >= 15 is 0 Å². The number of carbonyl (C=O) groups excluding carboxylic acids is 1. The largest absolute Gasteiger partial charge is 0.490 e. The third kappa shape index (κ3) is 5.41. The molecule has 2 aromatic heterocycles. The first-order valence-electron chi connectivity index (χ1n) is 9.20. The number of nitrogens with zero attached hydrogens (tertiary/aromatic N) is 3. The first-order valence-corrected chi connectivity index (χ1v) is 9.20. The molecule has 0 bridgehead atoms. The van der Waals surface area contributed by atoms with Gasteiger partial charge in [-0.2, -0.15) is 18.3 Å². The third-order valence-electron chi connectivity index (χ3n) is 4.64. The fourth-order valence-electron chi connectivity index (χ4n) is 3.20. The van der Waals surface area contributed by atoms with Crippen LogP contribution in [0.1, 0.15) is 46.0 Å². The van der Waals surface area contributed by atoms with Crippen LogP contribution in [0.2, 0.25) is 0 Å². The monoisotopic (exact) mass is 431 g/mol. The number of halogens is 3. The summed E-state index contributed by atoms with van der Waals surface area (Å²) in [6.45, 7) is 8.14. The van der Waals surface area contributed by atoms with Gasteiger partial charge in [-0.3, -0.25) is 9.48 Å². The first-order chi connectivity index (χ1) is 14.0. The summed E-state index contributed by atoms with van der Waals surface area (Å²) in [5.41, 5.74) is 2.90. The number of furan rings is 1. The molecule has 1 amide bonds. The second-order valence-electron chi connectivity index (χ2n) is 6.84. The fraction of sp³-hybridized carbons (Fsp3) is 0.526. The molecule has 0 saturated heterocycles. The van der Waals surface area contributed by atoms with Gasteiger partial charge in [-0.25, -0.2) is 4.79 Å². The zero-order valence-corrected chi connectivity index (χ0v) is 17.1. The minimum Gasteiger partial charge on any atom is -0.475 e. The average molecular weight is 431 g/mol. The number of hydrogen-bond donors (Lipinski definition) is 1. The minimum atomic E-state index is -5.08. The Morgan fingerprint density at radius 2 is 2.00 bits per heavy atom. The number of carboxylic acids is 1. The number of hydrogen-bond acceptors (Lipinski definition) is 5. The summed E-state index contributed by atoms with van der Waals surface area (Å²) in [7, 11) is 1.91. The highest BCUT2D eigenvalue weighted by Crippen LogP contribution is 2.30. The predicted molar refractivity (Wildman–Crippen MR) is 99.1 cm³/mol. The molecular formula is C19H24F3N3O5. The molecular weight excluding hydrogens is 407 g/mol. The van der Waals surface area contributed by atoms with E-state index in [0.717, 1.165) is 11.5 Å². The van der Waals surface area contributed by atoms with Gasteiger partial charge in [0.1, 0.15) is 11.5 Å². The molecule has 0 aliphatic carbocycles. The van der Waals surface area contributed by atoms with E-state index in [4.69, 9.17) is 19.1 Å². The Kier molecular flexibility index (Phi) is 7.30. The van der Waals surface area contributed by atoms with Crippen LogP contribution in [-0.2, 0) is 23.1 Å². The quantitative estimate of drug-likeness (QED) is 0.799. The Balaban J connectivity index is 0.000000396. The second-order valence-corrected chi connectivity index (χ2v) is 6.84. The molecule has 2 aromatic rings. The van der Waals surface area contributed by atoms with Crippen molar-refractivity contribution in [2.75, 3.05) is 19.8 Å². The Morgan fingerprint density at radius 1 is 1.37 bits per heavy atom. The van der Waals surface area contributed by atoms with E-state index in [2.05, 4.69) is 5.10 Å². The number of ether oxygens (including phenoxy) is 1. The van der Waals surface area contributed by atoms with Gasteiger partial charge in [-0.1, -0.05) is 0 Å². The van der Waals surface area contributed by atoms with Gasteiger partial charge >= 0.3 is 12.1 Å². The van der Waals surface area contributed by atoms with E-state index in [0.29, 0.717) is 37.6 Å². The topological polar surface area (TPSA) is 97.8 Å². The van der Waals surface area contributed by atoms with Crippen molar-refractivity contribution in [3.8, 4) is 0 Å². The van der Waals surface area contributed by atoms with Gasteiger partial charge in [0.05, 0.1) is 30.6 Å². The lowest BCUT2D eigenvalue weighted by atomic mass is 9.95. The van der Waals surface area contributed by atoms with Crippen LogP contribution >= 0.6 is 0 Å². The fourth-order valence-corrected chi connectivity index (χ4v) is 3.20. The maximum atomic E-state index is 12.9. The third-order valence-corrected chi connectivity index (χ3v) is 4.64. The first kappa shape index (κ1) is 23.5. The number of alkyl halides is 3. The van der Waals surface area contributed by atoms with E-state index in [9.17, 15) is 18.0 Å². The van der Waals surface area contributed by atoms with Crippen molar-refractivity contribution < 1.29 is 37.0 Å². The van der Waals surface area contributed by atoms with Crippen LogP contribution in [0.15, 0.2) is 16.7 Å². The highest BCUT2D eigenvalue weighted by molar-refractivity contribution is 5.95. The SMILES string of the molecule is CCOCC1CN(C(=O)c2cc(C)oc2C)Cc2c1cnn2C.O=C(O)C(F)(F)F. The van der Waals surface area contributed by atoms with Crippen LogP contribution in [0.3, 0.4) is 0 Å². The maximum absolute atomic E-state index is 12.9. The van der Waals surface area contributed by atoms with Crippen molar-refractivity contribution in [2.24, 2.45) is 7.05 Å². The highest BCUT2D eigenvalue weighted by Gasteiger charge is 2.38. The molecule has 0 saturated carbocycles. The van der Waals surface area contributed by atoms with Gasteiger partial charge in [0.2, 0.25) is 0 Å². The summed E-state index contributed by atoms with van der Waals surface area (Å²) in [5.74, 6) is -1.16. The van der Waals surface area contributed by atoms with Crippen molar-refractivity contribution in [1.29, 1.82) is 0 Å². The summed E-state index contributed by atoms with van der Waals surface area (Å²) < 4.78 is 44.7. The Bertz CT molecular complexity index is 904. The van der Waals surface area contributed by atoms with Gasteiger partial charge in [0.15, 0.2) is 0 Å². The molecule has 1 atom stereocenters. The number of aryl methyl sites for hydroxylation is 3. The van der Waals surface area contributed by atoms with E-state index in [-0.39, 0.29) is 11.8 Å². The molecule has 0 fully saturated rings. The van der Waals surface area contributed by atoms with E-state index in [1.54, 1.807) is 0 Å². The zero-order valence-electron chi connectivity index (χ0n) is 17.1. The molecule has 166 valence electrons. The van der Waals surface area contributed by atoms with Crippen molar-refractivity contribution in [2.45, 2.75) is 39.4 Å². The van der Waals surface area contributed by atoms with Crippen molar-refractivity contribution >= 4 is 11.9 Å². The summed E-state index contributed by atoms with van der Waals surface area (Å²) in [6, 6.07) is 1.81. The van der Waals surface area contributed by atoms with Gasteiger partial charge in [-0.05, 0) is 26.8 Å². The lowest BCUT2D eigenvalue weighted by Crippen LogP contribution is -2.40. The molecule has 30 heavy (non-hydrogen) atoms. The minimum absolute atomic E-state index is 0.00713. The summed E-state index contributed by atoms with van der Waals surface area (Å²) in [4.78, 5) is 23.7. The van der Waals surface area contributed by atoms with Crippen LogP contribution in [0.4, 0.5) is 13.2 Å². The van der Waals surface area contributed by atoms with Gasteiger partial charge in [0, 0.05) is 31.7 Å². The number of carboxylic acid groups (broad SMARTS) is 1. The molecule has 3 heterocycles. The van der Waals surface area contributed by atoms with Crippen molar-refractivity contribution in [3.05, 3.63) is 40.6 Å². The standard InChI is InChI=1S/C17H23N3O3.C2HF3O2/c1-5-22-10-13-8-20(9-16-15(13)7-18-19(16)4)17(21)14-6-11(2)23-12(14)3;3-2(4,5)1(6)7/h6-7,13H,5,8-10H2,1-4H3;(H,6,7). The average Bonchev–Trinajstić information content (AvgIpc) is 3.20. The molecule has 1 aliphatic rings. The zero-order chi connectivity index (χ0) is 22.6. The van der Waals surface area contributed by atoms with Gasteiger partial charge < -0.3 is 19.2 Å². The Morgan fingerprint density at radius 3 is 2.50 bits per heavy atom. The van der Waals surface area contributed by atoms with Crippen molar-refractivity contribution in [1.82, 2.24) is 14.7 Å². The molecule has 0 radical (unpaired) electrons. The molecule has 1 aliphatic heterocycles. The Hall–Kier alpha value is -2.82.